The van der Waals surface area contributed by atoms with E-state index in [0.29, 0.717) is 11.7 Å². The van der Waals surface area contributed by atoms with Crippen molar-refractivity contribution in [3.8, 4) is 0 Å². The monoisotopic (exact) mass is 236 g/mol. The molecule has 16 heavy (non-hydrogen) atoms. The minimum absolute atomic E-state index is 0.128. The van der Waals surface area contributed by atoms with Gasteiger partial charge in [0.15, 0.2) is 0 Å². The Balaban J connectivity index is 2.38. The Morgan fingerprint density at radius 1 is 1.44 bits per heavy atom. The molecule has 1 aromatic rings. The lowest BCUT2D eigenvalue weighted by atomic mass is 9.51. The second-order valence-electron chi connectivity index (χ2n) is 4.96. The molecule has 86 valence electrons. The van der Waals surface area contributed by atoms with Crippen LogP contribution in [0.25, 0.3) is 0 Å². The molecule has 2 heteroatoms. The van der Waals surface area contributed by atoms with Crippen molar-refractivity contribution in [2.75, 3.05) is 0 Å². The van der Waals surface area contributed by atoms with Crippen molar-refractivity contribution < 1.29 is 4.79 Å². The number of benzene rings is 1. The van der Waals surface area contributed by atoms with E-state index >= 15 is 0 Å². The number of carbonyl (C=O) groups is 1. The van der Waals surface area contributed by atoms with E-state index < -0.39 is 0 Å². The van der Waals surface area contributed by atoms with Crippen LogP contribution in [0.2, 0.25) is 5.02 Å². The second kappa shape index (κ2) is 3.89. The molecule has 1 aliphatic rings. The molecule has 0 aromatic heterocycles. The van der Waals surface area contributed by atoms with Crippen molar-refractivity contribution in [3.05, 3.63) is 34.9 Å². The molecule has 1 aromatic carbocycles. The molecule has 1 aliphatic carbocycles. The molecular formula is C14H17ClO. The summed E-state index contributed by atoms with van der Waals surface area (Å²) in [6.45, 7) is 6.17. The fourth-order valence-electron chi connectivity index (χ4n) is 3.03. The zero-order valence-corrected chi connectivity index (χ0v) is 10.7. The summed E-state index contributed by atoms with van der Waals surface area (Å²) < 4.78 is 0. The lowest BCUT2D eigenvalue weighted by Crippen LogP contribution is -2.52. The Hall–Kier alpha value is -0.820. The molecule has 1 nitrogen and oxygen atoms in total. The summed E-state index contributed by atoms with van der Waals surface area (Å²) in [7, 11) is 0. The lowest BCUT2D eigenvalue weighted by molar-refractivity contribution is -0.147. The van der Waals surface area contributed by atoms with Crippen LogP contribution < -0.4 is 0 Å². The molecule has 0 amide bonds. The van der Waals surface area contributed by atoms with Crippen LogP contribution in [0.5, 0.6) is 0 Å². The van der Waals surface area contributed by atoms with Crippen molar-refractivity contribution in [2.45, 2.75) is 33.1 Å². The van der Waals surface area contributed by atoms with Gasteiger partial charge >= 0.3 is 0 Å². The molecule has 3 atom stereocenters. The van der Waals surface area contributed by atoms with E-state index in [9.17, 15) is 4.79 Å². The largest absolute Gasteiger partial charge is 0.299 e. The molecule has 2 rings (SSSR count). The van der Waals surface area contributed by atoms with Gasteiger partial charge in [-0.05, 0) is 24.1 Å². The molecule has 0 bridgehead atoms. The molecule has 0 N–H and O–H groups in total. The maximum atomic E-state index is 12.0. The number of hydrogen-bond acceptors (Lipinski definition) is 1. The van der Waals surface area contributed by atoms with E-state index in [1.54, 1.807) is 0 Å². The summed E-state index contributed by atoms with van der Waals surface area (Å²) in [5.41, 5.74) is 1.01. The Morgan fingerprint density at radius 3 is 2.69 bits per heavy atom. The number of ketones is 1. The molecule has 0 spiro atoms. The first-order valence-electron chi connectivity index (χ1n) is 5.80. The van der Waals surface area contributed by atoms with Gasteiger partial charge < -0.3 is 0 Å². The van der Waals surface area contributed by atoms with Crippen LogP contribution in [0.4, 0.5) is 0 Å². The first-order chi connectivity index (χ1) is 7.50. The van der Waals surface area contributed by atoms with Crippen LogP contribution in [0.1, 0.15) is 38.7 Å². The van der Waals surface area contributed by atoms with E-state index in [0.717, 1.165) is 11.4 Å². The predicted octanol–water partition coefficient (Wildman–Crippen LogP) is 4.06. The van der Waals surface area contributed by atoms with Crippen molar-refractivity contribution >= 4 is 17.4 Å². The fourth-order valence-corrected chi connectivity index (χ4v) is 3.23. The molecule has 0 saturated heterocycles. The number of hydrogen-bond donors (Lipinski definition) is 0. The summed E-state index contributed by atoms with van der Waals surface area (Å²) in [6, 6.07) is 7.90. The van der Waals surface area contributed by atoms with Gasteiger partial charge in [-0.3, -0.25) is 4.79 Å². The quantitative estimate of drug-likeness (QED) is 0.757. The minimum atomic E-state index is -0.190. The fraction of sp³-hybridized carbons (Fsp3) is 0.500. The highest BCUT2D eigenvalue weighted by Gasteiger charge is 2.55. The van der Waals surface area contributed by atoms with Gasteiger partial charge in [0.2, 0.25) is 0 Å². The predicted molar refractivity (Wildman–Crippen MR) is 66.8 cm³/mol. The van der Waals surface area contributed by atoms with Gasteiger partial charge in [-0.25, -0.2) is 0 Å². The number of rotatable bonds is 2. The van der Waals surface area contributed by atoms with Crippen LogP contribution >= 0.6 is 11.6 Å². The van der Waals surface area contributed by atoms with Gasteiger partial charge in [0.05, 0.1) is 0 Å². The zero-order chi connectivity index (χ0) is 11.9. The first-order valence-corrected chi connectivity index (χ1v) is 6.18. The Bertz CT molecular complexity index is 426. The van der Waals surface area contributed by atoms with Gasteiger partial charge in [-0.2, -0.15) is 0 Å². The van der Waals surface area contributed by atoms with Crippen LogP contribution in [-0.2, 0) is 4.79 Å². The minimum Gasteiger partial charge on any atom is -0.299 e. The third-order valence-electron chi connectivity index (χ3n) is 4.11. The second-order valence-corrected chi connectivity index (χ2v) is 5.39. The maximum absolute atomic E-state index is 12.0. The van der Waals surface area contributed by atoms with E-state index in [1.165, 1.54) is 5.56 Å². The summed E-state index contributed by atoms with van der Waals surface area (Å²) >= 11 is 6.01. The smallest absolute Gasteiger partial charge is 0.142 e. The van der Waals surface area contributed by atoms with Gasteiger partial charge in [-0.15, -0.1) is 0 Å². The van der Waals surface area contributed by atoms with Gasteiger partial charge in [0.25, 0.3) is 0 Å². The highest BCUT2D eigenvalue weighted by molar-refractivity contribution is 6.30. The average molecular weight is 237 g/mol. The summed E-state index contributed by atoms with van der Waals surface area (Å²) in [5.74, 6) is 0.840. The highest BCUT2D eigenvalue weighted by atomic mass is 35.5. The third-order valence-corrected chi connectivity index (χ3v) is 4.34. The third kappa shape index (κ3) is 1.49. The number of carbonyl (C=O) groups excluding carboxylic acids is 1. The van der Waals surface area contributed by atoms with E-state index in [4.69, 9.17) is 11.6 Å². The number of Topliss-reactive ketones (excluding diaryl/α,β-unsaturated/α-hetero) is 1. The van der Waals surface area contributed by atoms with Crippen molar-refractivity contribution in [3.63, 3.8) is 0 Å². The molecule has 1 saturated carbocycles. The van der Waals surface area contributed by atoms with Gasteiger partial charge in [0.1, 0.15) is 5.78 Å². The summed E-state index contributed by atoms with van der Waals surface area (Å²) in [4.78, 5) is 12.0. The molecule has 0 heterocycles. The van der Waals surface area contributed by atoms with Crippen molar-refractivity contribution in [2.24, 2.45) is 11.3 Å². The topological polar surface area (TPSA) is 17.1 Å². The molecule has 3 unspecified atom stereocenters. The standard InChI is InChI=1S/C14H17ClO/c1-4-14(3)12(9(2)13(14)16)10-6-5-7-11(15)8-10/h5-9,12H,4H2,1-3H3. The van der Waals surface area contributed by atoms with Crippen molar-refractivity contribution in [1.82, 2.24) is 0 Å². The van der Waals surface area contributed by atoms with Crippen LogP contribution in [0, 0.1) is 11.3 Å². The Morgan fingerprint density at radius 2 is 2.12 bits per heavy atom. The van der Waals surface area contributed by atoms with Crippen LogP contribution in [-0.4, -0.2) is 5.78 Å². The van der Waals surface area contributed by atoms with E-state index in [1.807, 2.05) is 25.1 Å². The molecular weight excluding hydrogens is 220 g/mol. The lowest BCUT2D eigenvalue weighted by Gasteiger charge is -2.50. The summed E-state index contributed by atoms with van der Waals surface area (Å²) in [5, 5.41) is 0.752. The molecule has 1 fully saturated rings. The average Bonchev–Trinajstić information content (AvgIpc) is 2.28. The van der Waals surface area contributed by atoms with E-state index in [-0.39, 0.29) is 11.3 Å². The first kappa shape index (κ1) is 11.7. The molecule has 0 aliphatic heterocycles. The molecule has 0 radical (unpaired) electrons. The van der Waals surface area contributed by atoms with Gasteiger partial charge in [-0.1, -0.05) is 44.5 Å². The summed E-state index contributed by atoms with van der Waals surface area (Å²) in [6.07, 6.45) is 0.896. The van der Waals surface area contributed by atoms with Gasteiger partial charge in [0, 0.05) is 22.3 Å². The van der Waals surface area contributed by atoms with Crippen molar-refractivity contribution in [1.29, 1.82) is 0 Å². The zero-order valence-electron chi connectivity index (χ0n) is 9.96. The Labute approximate surface area is 102 Å². The highest BCUT2D eigenvalue weighted by Crippen LogP contribution is 2.55. The van der Waals surface area contributed by atoms with E-state index in [2.05, 4.69) is 19.9 Å². The van der Waals surface area contributed by atoms with Crippen LogP contribution in [0.3, 0.4) is 0 Å². The maximum Gasteiger partial charge on any atom is 0.142 e. The van der Waals surface area contributed by atoms with Crippen LogP contribution in [0.15, 0.2) is 24.3 Å². The normalized spacial score (nSPS) is 33.6. The SMILES string of the molecule is CCC1(C)C(=O)C(C)C1c1cccc(Cl)c1. The Kier molecular flexibility index (Phi) is 2.83. The number of halogens is 1.